The minimum atomic E-state index is -0.0159. The Kier molecular flexibility index (Phi) is 4.63. The van der Waals surface area contributed by atoms with Gasteiger partial charge in [-0.15, -0.1) is 11.3 Å². The lowest BCUT2D eigenvalue weighted by molar-refractivity contribution is 0.171. The van der Waals surface area contributed by atoms with E-state index >= 15 is 0 Å². The van der Waals surface area contributed by atoms with Gasteiger partial charge in [0.15, 0.2) is 0 Å². The lowest BCUT2D eigenvalue weighted by Crippen LogP contribution is -2.38. The van der Waals surface area contributed by atoms with Crippen molar-refractivity contribution in [3.8, 4) is 11.5 Å². The molecule has 1 radical (unpaired) electrons. The molecule has 0 spiro atoms. The summed E-state index contributed by atoms with van der Waals surface area (Å²) in [7, 11) is 0. The van der Waals surface area contributed by atoms with Crippen LogP contribution in [0.4, 0.5) is 5.69 Å². The van der Waals surface area contributed by atoms with Crippen LogP contribution in [0.25, 0.3) is 10.2 Å². The minimum Gasteiger partial charge on any atom is -0.489 e. The summed E-state index contributed by atoms with van der Waals surface area (Å²) in [5.41, 5.74) is 3.23. The van der Waals surface area contributed by atoms with Gasteiger partial charge in [0.1, 0.15) is 22.4 Å². The number of halogens is 2. The number of ether oxygens (including phenoxy) is 1. The number of anilines is 1. The number of benzene rings is 2. The SMILES string of the molecule is [O]c1cc(N2CCC(Oc3cccc(Cl)c3Cl)CC2)cc2scnc12. The van der Waals surface area contributed by atoms with Crippen LogP contribution in [0.1, 0.15) is 12.8 Å². The van der Waals surface area contributed by atoms with Crippen molar-refractivity contribution >= 4 is 50.4 Å². The Hall–Kier alpha value is -1.69. The summed E-state index contributed by atoms with van der Waals surface area (Å²) in [6, 6.07) is 9.14. The third kappa shape index (κ3) is 3.36. The number of aromatic nitrogens is 1. The van der Waals surface area contributed by atoms with E-state index in [1.54, 1.807) is 17.6 Å². The van der Waals surface area contributed by atoms with Crippen LogP contribution in [0.2, 0.25) is 10.0 Å². The number of nitrogens with zero attached hydrogens (tertiary/aromatic N) is 2. The first-order chi connectivity index (χ1) is 12.1. The van der Waals surface area contributed by atoms with E-state index in [2.05, 4.69) is 9.88 Å². The molecule has 0 aliphatic carbocycles. The Labute approximate surface area is 159 Å². The molecule has 1 aromatic heterocycles. The molecular weight excluding hydrogens is 379 g/mol. The Balaban J connectivity index is 1.44. The van der Waals surface area contributed by atoms with Crippen molar-refractivity contribution in [1.29, 1.82) is 0 Å². The van der Waals surface area contributed by atoms with Crippen LogP contribution < -0.4 is 9.64 Å². The minimum absolute atomic E-state index is 0.0159. The van der Waals surface area contributed by atoms with E-state index in [1.807, 2.05) is 18.2 Å². The van der Waals surface area contributed by atoms with Crippen molar-refractivity contribution in [2.75, 3.05) is 18.0 Å². The van der Waals surface area contributed by atoms with Crippen LogP contribution in [0.5, 0.6) is 11.5 Å². The van der Waals surface area contributed by atoms with Gasteiger partial charge in [0, 0.05) is 37.7 Å². The highest BCUT2D eigenvalue weighted by molar-refractivity contribution is 7.16. The highest BCUT2D eigenvalue weighted by Crippen LogP contribution is 2.35. The first kappa shape index (κ1) is 16.8. The zero-order valence-electron chi connectivity index (χ0n) is 13.2. The lowest BCUT2D eigenvalue weighted by Gasteiger charge is -2.33. The average molecular weight is 394 g/mol. The van der Waals surface area contributed by atoms with Crippen molar-refractivity contribution in [2.24, 2.45) is 0 Å². The molecule has 25 heavy (non-hydrogen) atoms. The van der Waals surface area contributed by atoms with Gasteiger partial charge in [-0.05, 0) is 18.2 Å². The summed E-state index contributed by atoms with van der Waals surface area (Å²) in [6.07, 6.45) is 1.81. The maximum Gasteiger partial charge on any atom is 0.207 e. The van der Waals surface area contributed by atoms with Gasteiger partial charge >= 0.3 is 0 Å². The molecule has 0 saturated carbocycles. The largest absolute Gasteiger partial charge is 0.489 e. The molecule has 2 heterocycles. The summed E-state index contributed by atoms with van der Waals surface area (Å²) in [6.45, 7) is 1.65. The van der Waals surface area contributed by atoms with Crippen LogP contribution in [0, 0.1) is 0 Å². The molecule has 0 atom stereocenters. The fourth-order valence-electron chi connectivity index (χ4n) is 3.09. The Morgan fingerprint density at radius 1 is 1.20 bits per heavy atom. The van der Waals surface area contributed by atoms with Crippen LogP contribution in [0.3, 0.4) is 0 Å². The Morgan fingerprint density at radius 3 is 2.80 bits per heavy atom. The van der Waals surface area contributed by atoms with E-state index in [0.717, 1.165) is 36.3 Å². The molecular formula is C18H15Cl2N2O2S. The maximum absolute atomic E-state index is 12.1. The second-order valence-corrected chi connectivity index (χ2v) is 7.67. The van der Waals surface area contributed by atoms with E-state index in [1.165, 1.54) is 11.3 Å². The van der Waals surface area contributed by atoms with Gasteiger partial charge in [0.25, 0.3) is 0 Å². The van der Waals surface area contributed by atoms with E-state index in [4.69, 9.17) is 27.9 Å². The molecule has 3 aromatic rings. The molecule has 4 nitrogen and oxygen atoms in total. The second kappa shape index (κ2) is 6.90. The lowest BCUT2D eigenvalue weighted by atomic mass is 10.1. The molecule has 0 amide bonds. The molecule has 1 aliphatic heterocycles. The van der Waals surface area contributed by atoms with Crippen molar-refractivity contribution in [3.63, 3.8) is 0 Å². The van der Waals surface area contributed by atoms with Gasteiger partial charge in [-0.1, -0.05) is 29.3 Å². The highest BCUT2D eigenvalue weighted by atomic mass is 35.5. The van der Waals surface area contributed by atoms with Crippen LogP contribution in [0.15, 0.2) is 35.8 Å². The zero-order valence-corrected chi connectivity index (χ0v) is 15.6. The Bertz CT molecular complexity index is 907. The van der Waals surface area contributed by atoms with E-state index in [-0.39, 0.29) is 11.9 Å². The maximum atomic E-state index is 12.1. The Morgan fingerprint density at radius 2 is 2.00 bits per heavy atom. The molecule has 7 heteroatoms. The second-order valence-electron chi connectivity index (χ2n) is 6.00. The van der Waals surface area contributed by atoms with Crippen molar-refractivity contribution in [1.82, 2.24) is 4.98 Å². The number of thiazole rings is 1. The van der Waals surface area contributed by atoms with Crippen LogP contribution >= 0.6 is 34.5 Å². The predicted molar refractivity (Wildman–Crippen MR) is 102 cm³/mol. The van der Waals surface area contributed by atoms with Gasteiger partial charge in [0.2, 0.25) is 5.75 Å². The number of rotatable bonds is 3. The first-order valence-corrected chi connectivity index (χ1v) is 9.65. The summed E-state index contributed by atoms with van der Waals surface area (Å²) in [5, 5.41) is 13.1. The number of piperidine rings is 1. The standard InChI is InChI=1S/C18H15Cl2N2O2S/c19-13-2-1-3-15(17(13)20)24-12-4-6-22(7-5-12)11-8-14(23)18-16(9-11)25-10-21-18/h1-3,8-10,12H,4-7H2. The molecule has 4 rings (SSSR count). The smallest absolute Gasteiger partial charge is 0.207 e. The summed E-state index contributed by atoms with van der Waals surface area (Å²) < 4.78 is 6.96. The van der Waals surface area contributed by atoms with Crippen LogP contribution in [-0.2, 0) is 5.11 Å². The molecule has 1 fully saturated rings. The van der Waals surface area contributed by atoms with Crippen LogP contribution in [-0.4, -0.2) is 24.2 Å². The molecule has 0 bridgehead atoms. The number of hydrogen-bond acceptors (Lipinski definition) is 4. The van der Waals surface area contributed by atoms with Gasteiger partial charge in [0.05, 0.1) is 15.2 Å². The van der Waals surface area contributed by atoms with E-state index in [9.17, 15) is 5.11 Å². The summed E-state index contributed by atoms with van der Waals surface area (Å²) in [4.78, 5) is 6.35. The van der Waals surface area contributed by atoms with Gasteiger partial charge < -0.3 is 9.64 Å². The summed E-state index contributed by atoms with van der Waals surface area (Å²) in [5.74, 6) is 0.610. The molecule has 0 N–H and O–H groups in total. The number of fused-ring (bicyclic) bond motifs is 1. The number of hydrogen-bond donors (Lipinski definition) is 0. The van der Waals surface area contributed by atoms with Gasteiger partial charge in [-0.3, -0.25) is 5.11 Å². The predicted octanol–water partition coefficient (Wildman–Crippen LogP) is 5.79. The normalized spacial score (nSPS) is 15.7. The molecule has 1 aliphatic rings. The van der Waals surface area contributed by atoms with Gasteiger partial charge in [-0.2, -0.15) is 0 Å². The van der Waals surface area contributed by atoms with E-state index < -0.39 is 0 Å². The highest BCUT2D eigenvalue weighted by Gasteiger charge is 2.23. The fraction of sp³-hybridized carbons (Fsp3) is 0.278. The van der Waals surface area contributed by atoms with E-state index in [0.29, 0.717) is 21.3 Å². The van der Waals surface area contributed by atoms with Crippen molar-refractivity contribution < 1.29 is 9.84 Å². The van der Waals surface area contributed by atoms with Crippen molar-refractivity contribution in [2.45, 2.75) is 18.9 Å². The first-order valence-electron chi connectivity index (χ1n) is 8.01. The summed E-state index contributed by atoms with van der Waals surface area (Å²) >= 11 is 13.7. The third-order valence-corrected chi connectivity index (χ3v) is 5.98. The third-order valence-electron chi connectivity index (χ3n) is 4.40. The zero-order chi connectivity index (χ0) is 17.4. The van der Waals surface area contributed by atoms with Crippen molar-refractivity contribution in [3.05, 3.63) is 45.9 Å². The topological polar surface area (TPSA) is 45.3 Å². The van der Waals surface area contributed by atoms with Gasteiger partial charge in [-0.25, -0.2) is 4.98 Å². The molecule has 129 valence electrons. The average Bonchev–Trinajstić information content (AvgIpc) is 3.09. The molecule has 1 saturated heterocycles. The molecule has 2 aromatic carbocycles. The fourth-order valence-corrected chi connectivity index (χ4v) is 4.15. The monoisotopic (exact) mass is 393 g/mol. The quantitative estimate of drug-likeness (QED) is 0.565. The molecule has 0 unspecified atom stereocenters.